The molecule has 0 saturated carbocycles. The van der Waals surface area contributed by atoms with Gasteiger partial charge in [-0.2, -0.15) is 0 Å². The zero-order valence-corrected chi connectivity index (χ0v) is 15.9. The molecule has 4 heteroatoms. The maximum Gasteiger partial charge on any atom is 0.346 e. The molecule has 26 heavy (non-hydrogen) atoms. The van der Waals surface area contributed by atoms with Crippen molar-refractivity contribution in [2.24, 2.45) is 0 Å². The van der Waals surface area contributed by atoms with E-state index in [-0.39, 0.29) is 11.1 Å². The predicted molar refractivity (Wildman–Crippen MR) is 104 cm³/mol. The van der Waals surface area contributed by atoms with Gasteiger partial charge in [0.05, 0.1) is 6.61 Å². The van der Waals surface area contributed by atoms with Crippen LogP contribution in [0.5, 0.6) is 5.75 Å². The minimum absolute atomic E-state index is 0.0276. The lowest BCUT2D eigenvalue weighted by molar-refractivity contribution is 0.291. The van der Waals surface area contributed by atoms with E-state index in [4.69, 9.17) is 9.15 Å². The number of aryl methyl sites for hydroxylation is 1. The molecule has 0 N–H and O–H groups in total. The highest BCUT2D eigenvalue weighted by molar-refractivity contribution is 5.83. The number of unbranched alkanes of at least 4 members (excludes halogenated alkanes) is 5. The zero-order valence-electron chi connectivity index (χ0n) is 15.9. The zero-order chi connectivity index (χ0) is 18.8. The summed E-state index contributed by atoms with van der Waals surface area (Å²) in [6, 6.07) is 5.07. The summed E-state index contributed by atoms with van der Waals surface area (Å²) >= 11 is 0. The van der Waals surface area contributed by atoms with Crippen molar-refractivity contribution in [3.63, 3.8) is 0 Å². The van der Waals surface area contributed by atoms with Gasteiger partial charge >= 0.3 is 5.63 Å². The van der Waals surface area contributed by atoms with Crippen LogP contribution in [0.4, 0.5) is 4.39 Å². The molecule has 2 aromatic rings. The summed E-state index contributed by atoms with van der Waals surface area (Å²) in [4.78, 5) is 12.2. The second-order valence-electron chi connectivity index (χ2n) is 6.57. The Balaban J connectivity index is 2.02. The number of fused-ring (bicyclic) bond motifs is 1. The van der Waals surface area contributed by atoms with Crippen molar-refractivity contribution in [2.75, 3.05) is 6.61 Å². The topological polar surface area (TPSA) is 39.4 Å². The number of hydrogen-bond acceptors (Lipinski definition) is 3. The van der Waals surface area contributed by atoms with Crippen LogP contribution >= 0.6 is 0 Å². The van der Waals surface area contributed by atoms with Gasteiger partial charge in [0.1, 0.15) is 11.1 Å². The third-order valence-electron chi connectivity index (χ3n) is 4.43. The van der Waals surface area contributed by atoms with Gasteiger partial charge in [-0.1, -0.05) is 57.2 Å². The van der Waals surface area contributed by atoms with Crippen molar-refractivity contribution in [1.29, 1.82) is 0 Å². The predicted octanol–water partition coefficient (Wildman–Crippen LogP) is 6.18. The Bertz CT molecular complexity index is 777. The third kappa shape index (κ3) is 5.72. The Morgan fingerprint density at radius 3 is 2.69 bits per heavy atom. The van der Waals surface area contributed by atoms with Crippen LogP contribution in [0.15, 0.2) is 39.6 Å². The first kappa shape index (κ1) is 20.2. The lowest BCUT2D eigenvalue weighted by Gasteiger charge is -2.09. The highest BCUT2D eigenvalue weighted by Crippen LogP contribution is 2.25. The van der Waals surface area contributed by atoms with E-state index in [0.717, 1.165) is 19.3 Å². The summed E-state index contributed by atoms with van der Waals surface area (Å²) in [7, 11) is 0. The van der Waals surface area contributed by atoms with Crippen molar-refractivity contribution >= 4 is 10.8 Å². The van der Waals surface area contributed by atoms with Crippen LogP contribution < -0.4 is 10.4 Å². The molecule has 0 aliphatic rings. The van der Waals surface area contributed by atoms with Gasteiger partial charge in [-0.15, -0.1) is 0 Å². The fraction of sp³-hybridized carbons (Fsp3) is 0.500. The Morgan fingerprint density at radius 1 is 1.15 bits per heavy atom. The second-order valence-corrected chi connectivity index (χ2v) is 6.57. The molecule has 1 aromatic heterocycles. The largest absolute Gasteiger partial charge is 0.490 e. The van der Waals surface area contributed by atoms with E-state index in [1.807, 2.05) is 19.1 Å². The SMILES string of the molecule is C/C=C/CCc1cc2ccc(OCCCCCCCC)c(F)c2c(=O)o1. The molecule has 2 rings (SSSR count). The quantitative estimate of drug-likeness (QED) is 0.355. The monoisotopic (exact) mass is 360 g/mol. The Labute approximate surface area is 154 Å². The van der Waals surface area contributed by atoms with Gasteiger partial charge in [0, 0.05) is 6.42 Å². The smallest absolute Gasteiger partial charge is 0.346 e. The average Bonchev–Trinajstić information content (AvgIpc) is 2.62. The summed E-state index contributed by atoms with van der Waals surface area (Å²) in [5, 5.41) is 0.529. The van der Waals surface area contributed by atoms with Gasteiger partial charge in [-0.3, -0.25) is 0 Å². The van der Waals surface area contributed by atoms with Gasteiger partial charge in [-0.25, -0.2) is 9.18 Å². The molecule has 0 atom stereocenters. The van der Waals surface area contributed by atoms with Crippen LogP contribution in [0.25, 0.3) is 10.8 Å². The molecule has 1 aromatic carbocycles. The molecular formula is C22H29FO3. The summed E-state index contributed by atoms with van der Waals surface area (Å²) in [5.41, 5.74) is -0.638. The first-order chi connectivity index (χ1) is 12.7. The number of hydrogen-bond donors (Lipinski definition) is 0. The molecule has 0 saturated heterocycles. The van der Waals surface area contributed by atoms with Crippen LogP contribution in [0.2, 0.25) is 0 Å². The Morgan fingerprint density at radius 2 is 1.92 bits per heavy atom. The summed E-state index contributed by atoms with van der Waals surface area (Å²) in [5.74, 6) is 0.0722. The molecule has 1 heterocycles. The molecule has 0 aliphatic heterocycles. The van der Waals surface area contributed by atoms with Crippen LogP contribution in [0.1, 0.15) is 64.6 Å². The molecule has 142 valence electrons. The van der Waals surface area contributed by atoms with Crippen molar-refractivity contribution in [3.05, 3.63) is 52.3 Å². The second kappa shape index (κ2) is 10.8. The summed E-state index contributed by atoms with van der Waals surface area (Å²) in [6.45, 7) is 4.59. The van der Waals surface area contributed by atoms with Gasteiger partial charge in [-0.05, 0) is 37.3 Å². The van der Waals surface area contributed by atoms with E-state index < -0.39 is 11.4 Å². The van der Waals surface area contributed by atoms with Crippen molar-refractivity contribution in [2.45, 2.75) is 65.2 Å². The maximum absolute atomic E-state index is 14.6. The first-order valence-electron chi connectivity index (χ1n) is 9.66. The summed E-state index contributed by atoms with van der Waals surface area (Å²) in [6.07, 6.45) is 12.2. The molecule has 0 amide bonds. The Hall–Kier alpha value is -2.10. The number of benzene rings is 1. The fourth-order valence-electron chi connectivity index (χ4n) is 2.96. The Kier molecular flexibility index (Phi) is 8.39. The van der Waals surface area contributed by atoms with E-state index >= 15 is 0 Å². The van der Waals surface area contributed by atoms with Gasteiger partial charge in [0.25, 0.3) is 0 Å². The van der Waals surface area contributed by atoms with E-state index in [9.17, 15) is 9.18 Å². The molecular weight excluding hydrogens is 331 g/mol. The number of rotatable bonds is 11. The van der Waals surface area contributed by atoms with Crippen LogP contribution in [-0.2, 0) is 6.42 Å². The van der Waals surface area contributed by atoms with Gasteiger partial charge in [0.15, 0.2) is 11.6 Å². The highest BCUT2D eigenvalue weighted by Gasteiger charge is 2.14. The van der Waals surface area contributed by atoms with Gasteiger partial charge in [0.2, 0.25) is 0 Å². The van der Waals surface area contributed by atoms with Crippen LogP contribution in [-0.4, -0.2) is 6.61 Å². The minimum atomic E-state index is -0.638. The minimum Gasteiger partial charge on any atom is -0.490 e. The molecule has 3 nitrogen and oxygen atoms in total. The number of halogens is 1. The molecule has 0 aliphatic carbocycles. The fourth-order valence-corrected chi connectivity index (χ4v) is 2.96. The molecule has 0 unspecified atom stereocenters. The van der Waals surface area contributed by atoms with Crippen molar-refractivity contribution in [3.8, 4) is 5.75 Å². The first-order valence-corrected chi connectivity index (χ1v) is 9.66. The van der Waals surface area contributed by atoms with Crippen molar-refractivity contribution in [1.82, 2.24) is 0 Å². The molecule has 0 bridgehead atoms. The lowest BCUT2D eigenvalue weighted by Crippen LogP contribution is -2.07. The number of allylic oxidation sites excluding steroid dienone is 2. The van der Waals surface area contributed by atoms with E-state index in [1.165, 1.54) is 25.7 Å². The normalized spacial score (nSPS) is 11.5. The molecule has 0 fully saturated rings. The average molecular weight is 360 g/mol. The summed E-state index contributed by atoms with van der Waals surface area (Å²) < 4.78 is 25.5. The standard InChI is InChI=1S/C22H29FO3/c1-3-5-7-8-9-11-15-25-19-14-13-17-16-18(12-10-6-4-2)26-22(24)20(17)21(19)23/h4,6,13-14,16H,3,5,7-12,15H2,1-2H3/b6-4+. The van der Waals surface area contributed by atoms with E-state index in [2.05, 4.69) is 6.92 Å². The maximum atomic E-state index is 14.6. The van der Waals surface area contributed by atoms with E-state index in [0.29, 0.717) is 24.2 Å². The lowest BCUT2D eigenvalue weighted by atomic mass is 10.1. The van der Waals surface area contributed by atoms with Gasteiger partial charge < -0.3 is 9.15 Å². The van der Waals surface area contributed by atoms with Crippen LogP contribution in [0, 0.1) is 5.82 Å². The van der Waals surface area contributed by atoms with E-state index in [1.54, 1.807) is 18.2 Å². The molecule has 0 radical (unpaired) electrons. The van der Waals surface area contributed by atoms with Crippen LogP contribution in [0.3, 0.4) is 0 Å². The number of ether oxygens (including phenoxy) is 1. The molecule has 0 spiro atoms. The highest BCUT2D eigenvalue weighted by atomic mass is 19.1. The third-order valence-corrected chi connectivity index (χ3v) is 4.43. The van der Waals surface area contributed by atoms with Crippen molar-refractivity contribution < 1.29 is 13.5 Å².